The summed E-state index contributed by atoms with van der Waals surface area (Å²) in [5.74, 6) is 0.412. The van der Waals surface area contributed by atoms with Crippen molar-refractivity contribution < 1.29 is 8.91 Å². The van der Waals surface area contributed by atoms with Gasteiger partial charge in [0.05, 0.1) is 6.54 Å². The van der Waals surface area contributed by atoms with Crippen molar-refractivity contribution in [3.8, 4) is 0 Å². The average molecular weight is 235 g/mol. The zero-order valence-corrected chi connectivity index (χ0v) is 9.77. The average Bonchev–Trinajstić information content (AvgIpc) is 2.62. The van der Waals surface area contributed by atoms with E-state index in [2.05, 4.69) is 5.16 Å². The second kappa shape index (κ2) is 4.45. The van der Waals surface area contributed by atoms with Crippen LogP contribution in [0.15, 0.2) is 28.8 Å². The fraction of sp³-hybridized carbons (Fsp3) is 0.250. The number of hydrogen-bond acceptors (Lipinski definition) is 4. The Morgan fingerprint density at radius 3 is 2.71 bits per heavy atom. The zero-order chi connectivity index (χ0) is 12.4. The van der Waals surface area contributed by atoms with Crippen LogP contribution in [0.3, 0.4) is 0 Å². The first kappa shape index (κ1) is 11.4. The van der Waals surface area contributed by atoms with Gasteiger partial charge < -0.3 is 15.2 Å². The second-order valence-electron chi connectivity index (χ2n) is 4.03. The van der Waals surface area contributed by atoms with Crippen LogP contribution >= 0.6 is 0 Å². The fourth-order valence-electron chi connectivity index (χ4n) is 1.64. The van der Waals surface area contributed by atoms with Crippen LogP contribution in [0.5, 0.6) is 0 Å². The van der Waals surface area contributed by atoms with Crippen molar-refractivity contribution in [2.45, 2.75) is 13.5 Å². The predicted octanol–water partition coefficient (Wildman–Crippen LogP) is 2.34. The molecular formula is C12H14FN3O. The highest BCUT2D eigenvalue weighted by atomic mass is 19.1. The Labute approximate surface area is 98.8 Å². The molecule has 0 aliphatic heterocycles. The van der Waals surface area contributed by atoms with Crippen LogP contribution in [-0.2, 0) is 6.54 Å². The Balaban J connectivity index is 2.16. The number of rotatable bonds is 3. The Kier molecular flexibility index (Phi) is 2.99. The van der Waals surface area contributed by atoms with Gasteiger partial charge in [-0.3, -0.25) is 0 Å². The van der Waals surface area contributed by atoms with Crippen LogP contribution in [0.4, 0.5) is 15.8 Å². The molecule has 0 spiro atoms. The number of aryl methyl sites for hydroxylation is 1. The molecule has 5 heteroatoms. The standard InChI is InChI=1S/C12H14FN3O/c1-8-3-11(15-17-8)7-16(2)12-5-9(13)4-10(14)6-12/h3-6H,7,14H2,1-2H3. The summed E-state index contributed by atoms with van der Waals surface area (Å²) < 4.78 is 18.2. The molecule has 0 aliphatic carbocycles. The summed E-state index contributed by atoms with van der Waals surface area (Å²) in [4.78, 5) is 1.86. The van der Waals surface area contributed by atoms with E-state index >= 15 is 0 Å². The molecule has 1 aromatic heterocycles. The minimum Gasteiger partial charge on any atom is -0.399 e. The van der Waals surface area contributed by atoms with E-state index in [1.165, 1.54) is 12.1 Å². The lowest BCUT2D eigenvalue weighted by molar-refractivity contribution is 0.390. The highest BCUT2D eigenvalue weighted by Gasteiger charge is 2.07. The third-order valence-electron chi connectivity index (χ3n) is 2.42. The summed E-state index contributed by atoms with van der Waals surface area (Å²) in [6, 6.07) is 6.29. The van der Waals surface area contributed by atoms with Gasteiger partial charge in [-0.25, -0.2) is 4.39 Å². The molecule has 0 aliphatic rings. The van der Waals surface area contributed by atoms with Crippen LogP contribution < -0.4 is 10.6 Å². The molecule has 0 bridgehead atoms. The molecule has 0 amide bonds. The fourth-order valence-corrected chi connectivity index (χ4v) is 1.64. The van der Waals surface area contributed by atoms with Gasteiger partial charge in [0.2, 0.25) is 0 Å². The maximum atomic E-state index is 13.2. The molecule has 0 atom stereocenters. The second-order valence-corrected chi connectivity index (χ2v) is 4.03. The van der Waals surface area contributed by atoms with Crippen molar-refractivity contribution in [3.63, 3.8) is 0 Å². The lowest BCUT2D eigenvalue weighted by Crippen LogP contribution is -2.16. The normalized spacial score (nSPS) is 10.5. The molecule has 17 heavy (non-hydrogen) atoms. The summed E-state index contributed by atoms with van der Waals surface area (Å²) >= 11 is 0. The molecular weight excluding hydrogens is 221 g/mol. The zero-order valence-electron chi connectivity index (χ0n) is 9.77. The minimum atomic E-state index is -0.344. The molecule has 2 rings (SSSR count). The predicted molar refractivity (Wildman–Crippen MR) is 64.2 cm³/mol. The monoisotopic (exact) mass is 235 g/mol. The van der Waals surface area contributed by atoms with Gasteiger partial charge in [-0.05, 0) is 25.1 Å². The smallest absolute Gasteiger partial charge is 0.133 e. The topological polar surface area (TPSA) is 55.3 Å². The van der Waals surface area contributed by atoms with E-state index in [4.69, 9.17) is 10.3 Å². The van der Waals surface area contributed by atoms with E-state index < -0.39 is 0 Å². The summed E-state index contributed by atoms with van der Waals surface area (Å²) in [7, 11) is 1.85. The minimum absolute atomic E-state index is 0.344. The van der Waals surface area contributed by atoms with Crippen LogP contribution in [0.2, 0.25) is 0 Å². The van der Waals surface area contributed by atoms with Gasteiger partial charge in [0.15, 0.2) is 0 Å². The molecule has 0 saturated heterocycles. The number of halogens is 1. The summed E-state index contributed by atoms with van der Waals surface area (Å²) in [5.41, 5.74) is 7.51. The van der Waals surface area contributed by atoms with E-state index in [1.54, 1.807) is 6.07 Å². The van der Waals surface area contributed by atoms with Crippen LogP contribution in [0, 0.1) is 12.7 Å². The van der Waals surface area contributed by atoms with Crippen molar-refractivity contribution in [2.75, 3.05) is 17.7 Å². The largest absolute Gasteiger partial charge is 0.399 e. The number of benzene rings is 1. The molecule has 0 saturated carbocycles. The SMILES string of the molecule is Cc1cc(CN(C)c2cc(N)cc(F)c2)no1. The van der Waals surface area contributed by atoms with Crippen molar-refractivity contribution in [2.24, 2.45) is 0 Å². The molecule has 2 aromatic rings. The molecule has 1 heterocycles. The molecule has 0 unspecified atom stereocenters. The van der Waals surface area contributed by atoms with Crippen LogP contribution in [0.25, 0.3) is 0 Å². The number of nitrogens with zero attached hydrogens (tertiary/aromatic N) is 2. The number of aromatic nitrogens is 1. The number of nitrogen functional groups attached to an aromatic ring is 1. The van der Waals surface area contributed by atoms with Crippen molar-refractivity contribution in [1.82, 2.24) is 5.16 Å². The Morgan fingerprint density at radius 1 is 1.35 bits per heavy atom. The van der Waals surface area contributed by atoms with E-state index in [0.717, 1.165) is 11.5 Å². The number of hydrogen-bond donors (Lipinski definition) is 1. The van der Waals surface area contributed by atoms with Crippen molar-refractivity contribution in [1.29, 1.82) is 0 Å². The first-order valence-electron chi connectivity index (χ1n) is 5.24. The molecule has 0 fully saturated rings. The first-order valence-corrected chi connectivity index (χ1v) is 5.24. The van der Waals surface area contributed by atoms with Crippen LogP contribution in [-0.4, -0.2) is 12.2 Å². The number of nitrogens with two attached hydrogens (primary N) is 1. The van der Waals surface area contributed by atoms with E-state index in [9.17, 15) is 4.39 Å². The molecule has 90 valence electrons. The third kappa shape index (κ3) is 2.75. The highest BCUT2D eigenvalue weighted by Crippen LogP contribution is 2.20. The molecule has 2 N–H and O–H groups in total. The Morgan fingerprint density at radius 2 is 2.12 bits per heavy atom. The number of anilines is 2. The quantitative estimate of drug-likeness (QED) is 0.829. The van der Waals surface area contributed by atoms with E-state index in [1.807, 2.05) is 24.9 Å². The Bertz CT molecular complexity index is 504. The van der Waals surface area contributed by atoms with E-state index in [0.29, 0.717) is 17.9 Å². The first-order chi connectivity index (χ1) is 8.04. The molecule has 0 radical (unpaired) electrons. The summed E-state index contributed by atoms with van der Waals surface area (Å²) in [5, 5.41) is 3.88. The van der Waals surface area contributed by atoms with Crippen molar-refractivity contribution in [3.05, 3.63) is 41.5 Å². The summed E-state index contributed by atoms with van der Waals surface area (Å²) in [6.45, 7) is 2.37. The highest BCUT2D eigenvalue weighted by molar-refractivity contribution is 5.56. The molecule has 1 aromatic carbocycles. The maximum Gasteiger partial charge on any atom is 0.133 e. The Hall–Kier alpha value is -2.04. The van der Waals surface area contributed by atoms with Gasteiger partial charge >= 0.3 is 0 Å². The lowest BCUT2D eigenvalue weighted by atomic mass is 10.2. The van der Waals surface area contributed by atoms with Gasteiger partial charge in [-0.2, -0.15) is 0 Å². The van der Waals surface area contributed by atoms with E-state index in [-0.39, 0.29) is 5.82 Å². The van der Waals surface area contributed by atoms with Gasteiger partial charge in [-0.1, -0.05) is 5.16 Å². The maximum absolute atomic E-state index is 13.2. The summed E-state index contributed by atoms with van der Waals surface area (Å²) in [6.07, 6.45) is 0. The van der Waals surface area contributed by atoms with Gasteiger partial charge in [0.1, 0.15) is 17.3 Å². The van der Waals surface area contributed by atoms with Gasteiger partial charge in [0, 0.05) is 24.5 Å². The van der Waals surface area contributed by atoms with Gasteiger partial charge in [-0.15, -0.1) is 0 Å². The van der Waals surface area contributed by atoms with Crippen LogP contribution in [0.1, 0.15) is 11.5 Å². The lowest BCUT2D eigenvalue weighted by Gasteiger charge is -2.18. The van der Waals surface area contributed by atoms with Gasteiger partial charge in [0.25, 0.3) is 0 Å². The van der Waals surface area contributed by atoms with Crippen molar-refractivity contribution >= 4 is 11.4 Å². The third-order valence-corrected chi connectivity index (χ3v) is 2.42. The molecule has 4 nitrogen and oxygen atoms in total.